The Labute approximate surface area is 94.1 Å². The predicted molar refractivity (Wildman–Crippen MR) is 58.9 cm³/mol. The number of carbonyl (C=O) groups excluding carboxylic acids is 1. The summed E-state index contributed by atoms with van der Waals surface area (Å²) < 4.78 is 15.2. The van der Waals surface area contributed by atoms with Gasteiger partial charge in [-0.3, -0.25) is 4.79 Å². The predicted octanol–water partition coefficient (Wildman–Crippen LogP) is 0.819. The first-order valence-electron chi connectivity index (χ1n) is 4.78. The zero-order valence-electron chi connectivity index (χ0n) is 9.36. The molecule has 0 saturated carbocycles. The molecule has 0 fully saturated rings. The Balaban J connectivity index is 2.85. The van der Waals surface area contributed by atoms with Crippen LogP contribution in [0.15, 0.2) is 18.2 Å². The van der Waals surface area contributed by atoms with Crippen LogP contribution < -0.4 is 15.2 Å². The lowest BCUT2D eigenvalue weighted by atomic mass is 10.2. The fraction of sp³-hybridized carbons (Fsp3) is 0.364. The lowest BCUT2D eigenvalue weighted by Crippen LogP contribution is -2.14. The summed E-state index contributed by atoms with van der Waals surface area (Å²) in [5, 5.41) is 0. The van der Waals surface area contributed by atoms with Gasteiger partial charge in [0.05, 0.1) is 19.3 Å². The van der Waals surface area contributed by atoms with Crippen LogP contribution in [0.3, 0.4) is 0 Å². The van der Waals surface area contributed by atoms with Crippen molar-refractivity contribution in [3.63, 3.8) is 0 Å². The molecule has 16 heavy (non-hydrogen) atoms. The molecule has 0 radical (unpaired) electrons. The minimum Gasteiger partial charge on any atom is -0.497 e. The molecule has 0 saturated heterocycles. The SMILES string of the molecule is COCCOc1ccc(OC)cc1C(N)=O. The Bertz CT molecular complexity index is 365. The van der Waals surface area contributed by atoms with E-state index < -0.39 is 5.91 Å². The van der Waals surface area contributed by atoms with Gasteiger partial charge in [-0.25, -0.2) is 0 Å². The summed E-state index contributed by atoms with van der Waals surface area (Å²) in [7, 11) is 3.10. The van der Waals surface area contributed by atoms with E-state index in [1.165, 1.54) is 7.11 Å². The van der Waals surface area contributed by atoms with Gasteiger partial charge in [-0.1, -0.05) is 0 Å². The highest BCUT2D eigenvalue weighted by Crippen LogP contribution is 2.23. The van der Waals surface area contributed by atoms with E-state index in [0.29, 0.717) is 30.3 Å². The lowest BCUT2D eigenvalue weighted by molar-refractivity contribution is 0.0992. The number of benzene rings is 1. The molecule has 0 unspecified atom stereocenters. The molecule has 1 rings (SSSR count). The molecule has 5 heteroatoms. The Hall–Kier alpha value is -1.75. The third-order valence-corrected chi connectivity index (χ3v) is 2.00. The summed E-state index contributed by atoms with van der Waals surface area (Å²) in [5.74, 6) is 0.449. The summed E-state index contributed by atoms with van der Waals surface area (Å²) in [4.78, 5) is 11.2. The molecular weight excluding hydrogens is 210 g/mol. The zero-order chi connectivity index (χ0) is 12.0. The fourth-order valence-corrected chi connectivity index (χ4v) is 1.19. The van der Waals surface area contributed by atoms with E-state index in [1.807, 2.05) is 0 Å². The lowest BCUT2D eigenvalue weighted by Gasteiger charge is -2.10. The second kappa shape index (κ2) is 5.97. The standard InChI is InChI=1S/C11H15NO4/c1-14-5-6-16-10-4-3-8(15-2)7-9(10)11(12)13/h3-4,7H,5-6H2,1-2H3,(H2,12,13). The fourth-order valence-electron chi connectivity index (χ4n) is 1.19. The van der Waals surface area contributed by atoms with Crippen LogP contribution in [-0.4, -0.2) is 33.3 Å². The van der Waals surface area contributed by atoms with Gasteiger partial charge >= 0.3 is 0 Å². The van der Waals surface area contributed by atoms with Crippen molar-refractivity contribution in [3.05, 3.63) is 23.8 Å². The average molecular weight is 225 g/mol. The van der Waals surface area contributed by atoms with Gasteiger partial charge in [0.15, 0.2) is 0 Å². The molecule has 0 atom stereocenters. The van der Waals surface area contributed by atoms with Crippen LogP contribution in [-0.2, 0) is 4.74 Å². The van der Waals surface area contributed by atoms with Crippen molar-refractivity contribution >= 4 is 5.91 Å². The first-order valence-corrected chi connectivity index (χ1v) is 4.78. The minimum atomic E-state index is -0.550. The smallest absolute Gasteiger partial charge is 0.252 e. The highest BCUT2D eigenvalue weighted by molar-refractivity contribution is 5.96. The number of nitrogens with two attached hydrogens (primary N) is 1. The third kappa shape index (κ3) is 3.13. The highest BCUT2D eigenvalue weighted by atomic mass is 16.5. The van der Waals surface area contributed by atoms with E-state index in [1.54, 1.807) is 25.3 Å². The summed E-state index contributed by atoms with van der Waals surface area (Å²) in [6, 6.07) is 4.90. The molecule has 0 aliphatic heterocycles. The van der Waals surface area contributed by atoms with Crippen molar-refractivity contribution in [2.75, 3.05) is 27.4 Å². The van der Waals surface area contributed by atoms with Gasteiger partial charge in [-0.2, -0.15) is 0 Å². The minimum absolute atomic E-state index is 0.301. The zero-order valence-corrected chi connectivity index (χ0v) is 9.36. The largest absolute Gasteiger partial charge is 0.497 e. The van der Waals surface area contributed by atoms with E-state index in [0.717, 1.165) is 0 Å². The molecule has 2 N–H and O–H groups in total. The van der Waals surface area contributed by atoms with Gasteiger partial charge in [0.1, 0.15) is 18.1 Å². The quantitative estimate of drug-likeness (QED) is 0.727. The molecule has 0 heterocycles. The van der Waals surface area contributed by atoms with Gasteiger partial charge in [0.2, 0.25) is 0 Å². The number of rotatable bonds is 6. The van der Waals surface area contributed by atoms with Crippen LogP contribution in [0.4, 0.5) is 0 Å². The van der Waals surface area contributed by atoms with E-state index >= 15 is 0 Å². The van der Waals surface area contributed by atoms with Crippen LogP contribution >= 0.6 is 0 Å². The average Bonchev–Trinajstić information content (AvgIpc) is 2.29. The second-order valence-electron chi connectivity index (χ2n) is 3.07. The van der Waals surface area contributed by atoms with Crippen LogP contribution in [0, 0.1) is 0 Å². The third-order valence-electron chi connectivity index (χ3n) is 2.00. The number of primary amides is 1. The van der Waals surface area contributed by atoms with Gasteiger partial charge in [-0.15, -0.1) is 0 Å². The van der Waals surface area contributed by atoms with Crippen molar-refractivity contribution in [1.29, 1.82) is 0 Å². The maximum absolute atomic E-state index is 11.2. The molecule has 0 spiro atoms. The van der Waals surface area contributed by atoms with E-state index in [4.69, 9.17) is 19.9 Å². The number of methoxy groups -OCH3 is 2. The maximum Gasteiger partial charge on any atom is 0.252 e. The number of amides is 1. The maximum atomic E-state index is 11.2. The van der Waals surface area contributed by atoms with Crippen LogP contribution in [0.5, 0.6) is 11.5 Å². The Morgan fingerprint density at radius 2 is 2.06 bits per heavy atom. The van der Waals surface area contributed by atoms with E-state index in [2.05, 4.69) is 0 Å². The Morgan fingerprint density at radius 1 is 1.31 bits per heavy atom. The van der Waals surface area contributed by atoms with Crippen LogP contribution in [0.2, 0.25) is 0 Å². The first kappa shape index (κ1) is 12.3. The van der Waals surface area contributed by atoms with Crippen molar-refractivity contribution in [2.24, 2.45) is 5.73 Å². The van der Waals surface area contributed by atoms with Crippen molar-refractivity contribution < 1.29 is 19.0 Å². The molecule has 5 nitrogen and oxygen atoms in total. The molecule has 0 bridgehead atoms. The summed E-state index contributed by atoms with van der Waals surface area (Å²) in [6.07, 6.45) is 0. The number of carbonyl (C=O) groups is 1. The topological polar surface area (TPSA) is 70.8 Å². The van der Waals surface area contributed by atoms with Gasteiger partial charge in [0.25, 0.3) is 5.91 Å². The summed E-state index contributed by atoms with van der Waals surface area (Å²) in [5.41, 5.74) is 5.54. The van der Waals surface area contributed by atoms with Gasteiger partial charge in [0, 0.05) is 7.11 Å². The Kier molecular flexibility index (Phi) is 4.60. The number of hydrogen-bond donors (Lipinski definition) is 1. The molecule has 1 aromatic carbocycles. The molecule has 0 aliphatic rings. The second-order valence-corrected chi connectivity index (χ2v) is 3.07. The summed E-state index contributed by atoms with van der Waals surface area (Å²) >= 11 is 0. The van der Waals surface area contributed by atoms with E-state index in [9.17, 15) is 4.79 Å². The van der Waals surface area contributed by atoms with E-state index in [-0.39, 0.29) is 0 Å². The molecular formula is C11H15NO4. The number of ether oxygens (including phenoxy) is 3. The monoisotopic (exact) mass is 225 g/mol. The van der Waals surface area contributed by atoms with Gasteiger partial charge in [-0.05, 0) is 18.2 Å². The van der Waals surface area contributed by atoms with Crippen molar-refractivity contribution in [3.8, 4) is 11.5 Å². The molecule has 1 aromatic rings. The molecule has 0 aliphatic carbocycles. The van der Waals surface area contributed by atoms with Crippen molar-refractivity contribution in [1.82, 2.24) is 0 Å². The molecule has 88 valence electrons. The molecule has 0 aromatic heterocycles. The Morgan fingerprint density at radius 3 is 2.62 bits per heavy atom. The van der Waals surface area contributed by atoms with Crippen LogP contribution in [0.25, 0.3) is 0 Å². The normalized spacial score (nSPS) is 9.88. The first-order chi connectivity index (χ1) is 7.69. The van der Waals surface area contributed by atoms with Gasteiger partial charge < -0.3 is 19.9 Å². The molecule has 1 amide bonds. The van der Waals surface area contributed by atoms with Crippen LogP contribution in [0.1, 0.15) is 10.4 Å². The number of hydrogen-bond acceptors (Lipinski definition) is 4. The highest BCUT2D eigenvalue weighted by Gasteiger charge is 2.10. The summed E-state index contributed by atoms with van der Waals surface area (Å²) in [6.45, 7) is 0.813. The van der Waals surface area contributed by atoms with Crippen molar-refractivity contribution in [2.45, 2.75) is 0 Å².